The number of carbonyl (C=O) groups excluding carboxylic acids is 2. The van der Waals surface area contributed by atoms with Crippen LogP contribution in [0.4, 0.5) is 0 Å². The highest BCUT2D eigenvalue weighted by atomic mass is 35.5. The van der Waals surface area contributed by atoms with Gasteiger partial charge in [0.1, 0.15) is 0 Å². The van der Waals surface area contributed by atoms with E-state index in [0.29, 0.717) is 23.4 Å². The van der Waals surface area contributed by atoms with Crippen LogP contribution in [0.15, 0.2) is 42.5 Å². The van der Waals surface area contributed by atoms with Gasteiger partial charge in [0.25, 0.3) is 0 Å². The van der Waals surface area contributed by atoms with Crippen LogP contribution in [0.5, 0.6) is 0 Å². The van der Waals surface area contributed by atoms with Crippen LogP contribution in [-0.2, 0) is 9.59 Å². The molecular weight excluding hydrogens is 312 g/mol. The molecule has 2 amide bonds. The Hall–Kier alpha value is -2.64. The number of nitrogens with zero attached hydrogens (tertiary/aromatic N) is 1. The van der Waals surface area contributed by atoms with Gasteiger partial charge in [-0.15, -0.1) is 0 Å². The van der Waals surface area contributed by atoms with Gasteiger partial charge in [0.15, 0.2) is 0 Å². The third kappa shape index (κ3) is 2.96. The molecule has 1 fully saturated rings. The molecule has 0 saturated carbocycles. The first-order valence-electron chi connectivity index (χ1n) is 7.23. The molecule has 3 rings (SSSR count). The maximum Gasteiger partial charge on any atom is 0.234 e. The molecule has 0 aromatic heterocycles. The summed E-state index contributed by atoms with van der Waals surface area (Å²) in [5.41, 5.74) is 2.98. The molecule has 1 aliphatic rings. The van der Waals surface area contributed by atoms with Crippen molar-refractivity contribution in [2.45, 2.75) is 18.8 Å². The zero-order valence-electron chi connectivity index (χ0n) is 12.2. The SMILES string of the molecule is N#Cc1ccc(-c2cccc([C@H]3CCC(=O)NC3=O)c2Cl)cc1. The summed E-state index contributed by atoms with van der Waals surface area (Å²) >= 11 is 6.52. The second-order valence-electron chi connectivity index (χ2n) is 5.40. The molecule has 0 radical (unpaired) electrons. The van der Waals surface area contributed by atoms with E-state index < -0.39 is 5.92 Å². The number of hydrogen-bond acceptors (Lipinski definition) is 3. The summed E-state index contributed by atoms with van der Waals surface area (Å²) in [6.45, 7) is 0. The highest BCUT2D eigenvalue weighted by molar-refractivity contribution is 6.34. The Morgan fingerprint density at radius 3 is 2.52 bits per heavy atom. The van der Waals surface area contributed by atoms with Gasteiger partial charge in [-0.2, -0.15) is 5.26 Å². The lowest BCUT2D eigenvalue weighted by atomic mass is 9.88. The topological polar surface area (TPSA) is 70.0 Å². The zero-order chi connectivity index (χ0) is 16.4. The van der Waals surface area contributed by atoms with Gasteiger partial charge >= 0.3 is 0 Å². The van der Waals surface area contributed by atoms with Crippen molar-refractivity contribution in [3.05, 3.63) is 58.6 Å². The minimum absolute atomic E-state index is 0.245. The Bertz CT molecular complexity index is 822. The van der Waals surface area contributed by atoms with Crippen molar-refractivity contribution in [1.82, 2.24) is 5.32 Å². The van der Waals surface area contributed by atoms with E-state index in [1.807, 2.05) is 30.3 Å². The van der Waals surface area contributed by atoms with Crippen LogP contribution in [0.3, 0.4) is 0 Å². The minimum atomic E-state index is -0.418. The maximum atomic E-state index is 12.1. The Balaban J connectivity index is 1.99. The van der Waals surface area contributed by atoms with Crippen LogP contribution in [0, 0.1) is 11.3 Å². The van der Waals surface area contributed by atoms with Crippen LogP contribution >= 0.6 is 11.6 Å². The number of carbonyl (C=O) groups is 2. The van der Waals surface area contributed by atoms with Crippen molar-refractivity contribution < 1.29 is 9.59 Å². The first-order valence-corrected chi connectivity index (χ1v) is 7.60. The molecule has 114 valence electrons. The molecule has 0 aliphatic carbocycles. The number of hydrogen-bond donors (Lipinski definition) is 1. The summed E-state index contributed by atoms with van der Waals surface area (Å²) in [5.74, 6) is -0.968. The summed E-state index contributed by atoms with van der Waals surface area (Å²) in [7, 11) is 0. The first-order chi connectivity index (χ1) is 11.1. The molecule has 23 heavy (non-hydrogen) atoms. The fourth-order valence-electron chi connectivity index (χ4n) is 2.76. The second-order valence-corrected chi connectivity index (χ2v) is 5.78. The molecule has 2 aromatic rings. The zero-order valence-corrected chi connectivity index (χ0v) is 12.9. The third-order valence-corrected chi connectivity index (χ3v) is 4.39. The number of imide groups is 1. The highest BCUT2D eigenvalue weighted by Gasteiger charge is 2.30. The van der Waals surface area contributed by atoms with Gasteiger partial charge in [0.2, 0.25) is 11.8 Å². The Morgan fingerprint density at radius 1 is 1.13 bits per heavy atom. The van der Waals surface area contributed by atoms with Crippen molar-refractivity contribution >= 4 is 23.4 Å². The quantitative estimate of drug-likeness (QED) is 0.861. The summed E-state index contributed by atoms with van der Waals surface area (Å²) in [4.78, 5) is 23.4. The van der Waals surface area contributed by atoms with E-state index >= 15 is 0 Å². The molecule has 0 spiro atoms. The number of benzene rings is 2. The Morgan fingerprint density at radius 2 is 1.87 bits per heavy atom. The molecule has 5 heteroatoms. The number of amides is 2. The fourth-order valence-corrected chi connectivity index (χ4v) is 3.12. The predicted molar refractivity (Wildman–Crippen MR) is 86.7 cm³/mol. The Kier molecular flexibility index (Phi) is 4.14. The minimum Gasteiger partial charge on any atom is -0.296 e. The lowest BCUT2D eigenvalue weighted by Gasteiger charge is -2.23. The van der Waals surface area contributed by atoms with E-state index in [1.165, 1.54) is 0 Å². The smallest absolute Gasteiger partial charge is 0.234 e. The number of halogens is 1. The van der Waals surface area contributed by atoms with Crippen molar-refractivity contribution in [1.29, 1.82) is 5.26 Å². The average Bonchev–Trinajstić information content (AvgIpc) is 2.56. The van der Waals surface area contributed by atoms with Crippen LogP contribution in [0.25, 0.3) is 11.1 Å². The molecule has 1 atom stereocenters. The van der Waals surface area contributed by atoms with Gasteiger partial charge in [-0.3, -0.25) is 14.9 Å². The first kappa shape index (κ1) is 15.3. The second kappa shape index (κ2) is 6.23. The number of rotatable bonds is 2. The highest BCUT2D eigenvalue weighted by Crippen LogP contribution is 2.37. The Labute approximate surface area is 138 Å². The van der Waals surface area contributed by atoms with Gasteiger partial charge in [-0.1, -0.05) is 41.9 Å². The number of nitriles is 1. The largest absolute Gasteiger partial charge is 0.296 e. The van der Waals surface area contributed by atoms with Crippen molar-refractivity contribution in [2.24, 2.45) is 0 Å². The molecule has 1 saturated heterocycles. The summed E-state index contributed by atoms with van der Waals surface area (Å²) in [6, 6.07) is 14.7. The van der Waals surface area contributed by atoms with Gasteiger partial charge in [0, 0.05) is 12.0 Å². The number of piperidine rings is 1. The van der Waals surface area contributed by atoms with Crippen LogP contribution < -0.4 is 5.32 Å². The summed E-state index contributed by atoms with van der Waals surface area (Å²) in [5, 5.41) is 11.7. The summed E-state index contributed by atoms with van der Waals surface area (Å²) < 4.78 is 0. The van der Waals surface area contributed by atoms with Crippen LogP contribution in [-0.4, -0.2) is 11.8 Å². The lowest BCUT2D eigenvalue weighted by molar-refractivity contribution is -0.134. The molecular formula is C18H13ClN2O2. The monoisotopic (exact) mass is 324 g/mol. The molecule has 1 N–H and O–H groups in total. The molecule has 2 aromatic carbocycles. The van der Waals surface area contributed by atoms with Crippen LogP contribution in [0.2, 0.25) is 5.02 Å². The normalized spacial score (nSPS) is 17.5. The van der Waals surface area contributed by atoms with E-state index in [4.69, 9.17) is 16.9 Å². The predicted octanol–water partition coefficient (Wildman–Crippen LogP) is 3.40. The third-order valence-electron chi connectivity index (χ3n) is 3.97. The van der Waals surface area contributed by atoms with Crippen molar-refractivity contribution in [2.75, 3.05) is 0 Å². The average molecular weight is 325 g/mol. The lowest BCUT2D eigenvalue weighted by Crippen LogP contribution is -2.39. The summed E-state index contributed by atoms with van der Waals surface area (Å²) in [6.07, 6.45) is 0.773. The van der Waals surface area contributed by atoms with E-state index in [-0.39, 0.29) is 11.8 Å². The molecule has 4 nitrogen and oxygen atoms in total. The maximum absolute atomic E-state index is 12.1. The van der Waals surface area contributed by atoms with Gasteiger partial charge in [-0.25, -0.2) is 0 Å². The van der Waals surface area contributed by atoms with Crippen LogP contribution in [0.1, 0.15) is 29.9 Å². The molecule has 0 bridgehead atoms. The molecule has 1 aliphatic heterocycles. The van der Waals surface area contributed by atoms with Crippen molar-refractivity contribution in [3.8, 4) is 17.2 Å². The molecule has 0 unspecified atom stereocenters. The van der Waals surface area contributed by atoms with E-state index in [2.05, 4.69) is 11.4 Å². The molecule has 1 heterocycles. The standard InChI is InChI=1S/C18H13ClN2O2/c19-17-13(12-6-4-11(10-20)5-7-12)2-1-3-14(17)15-8-9-16(22)21-18(15)23/h1-7,15H,8-9H2,(H,21,22,23)/t15-/m1/s1. The fraction of sp³-hybridized carbons (Fsp3) is 0.167. The van der Waals surface area contributed by atoms with Gasteiger partial charge in [-0.05, 0) is 29.7 Å². The van der Waals surface area contributed by atoms with E-state index in [9.17, 15) is 9.59 Å². The number of nitrogens with one attached hydrogen (secondary N) is 1. The van der Waals surface area contributed by atoms with Gasteiger partial charge < -0.3 is 0 Å². The van der Waals surface area contributed by atoms with E-state index in [0.717, 1.165) is 16.7 Å². The van der Waals surface area contributed by atoms with Gasteiger partial charge in [0.05, 0.1) is 22.6 Å². The van der Waals surface area contributed by atoms with Crippen molar-refractivity contribution in [3.63, 3.8) is 0 Å². The van der Waals surface area contributed by atoms with E-state index in [1.54, 1.807) is 12.1 Å².